The van der Waals surface area contributed by atoms with Gasteiger partial charge in [0.1, 0.15) is 29.1 Å². The number of anilines is 4. The average Bonchev–Trinajstić information content (AvgIpc) is 3.35. The summed E-state index contributed by atoms with van der Waals surface area (Å²) in [6.07, 6.45) is 3.36. The second-order valence-electron chi connectivity index (χ2n) is 12.5. The number of carboxylic acid groups (broad SMARTS) is 1. The lowest BCUT2D eigenvalue weighted by Crippen LogP contribution is -2.51. The van der Waals surface area contributed by atoms with Crippen LogP contribution in [0.4, 0.5) is 31.9 Å². The highest BCUT2D eigenvalue weighted by Gasteiger charge is 2.39. The van der Waals surface area contributed by atoms with Gasteiger partial charge in [-0.25, -0.2) is 18.6 Å². The quantitative estimate of drug-likeness (QED) is 0.193. The maximum Gasteiger partial charge on any atom is 0.341 e. The molecule has 0 saturated carbocycles. The molecule has 0 aliphatic carbocycles. The van der Waals surface area contributed by atoms with Crippen LogP contribution in [0.1, 0.15) is 40.0 Å². The molecule has 1 amide bonds. The Balaban J connectivity index is 1.06. The third kappa shape index (κ3) is 6.55. The molecule has 2 aliphatic rings. The number of nitrogen functional groups attached to an aromatic ring is 1. The first kappa shape index (κ1) is 33.9. The minimum atomic E-state index is -1.37. The summed E-state index contributed by atoms with van der Waals surface area (Å²) in [6, 6.07) is 13.3. The van der Waals surface area contributed by atoms with Gasteiger partial charge in [0.25, 0.3) is 5.91 Å². The third-order valence-corrected chi connectivity index (χ3v) is 9.61. The van der Waals surface area contributed by atoms with Crippen LogP contribution in [0.3, 0.4) is 0 Å². The summed E-state index contributed by atoms with van der Waals surface area (Å²) in [6.45, 7) is 4.19. The Kier molecular flexibility index (Phi) is 9.04. The summed E-state index contributed by atoms with van der Waals surface area (Å²) < 4.78 is 31.6. The number of carbonyl (C=O) groups is 2. The molecule has 3 aromatic carbocycles. The van der Waals surface area contributed by atoms with Crippen molar-refractivity contribution in [3.8, 4) is 0 Å². The number of fused-ring (bicyclic) bond motifs is 2. The topological polar surface area (TPSA) is 150 Å². The van der Waals surface area contributed by atoms with Crippen LogP contribution in [-0.2, 0) is 17.8 Å². The summed E-state index contributed by atoms with van der Waals surface area (Å²) in [7, 11) is 0. The molecule has 0 bridgehead atoms. The number of aromatic carboxylic acids is 1. The fourth-order valence-corrected chi connectivity index (χ4v) is 6.78. The van der Waals surface area contributed by atoms with Gasteiger partial charge in [-0.1, -0.05) is 23.7 Å². The molecule has 1 unspecified atom stereocenters. The summed E-state index contributed by atoms with van der Waals surface area (Å²) in [5.41, 5.74) is 8.52. The molecule has 1 fully saturated rings. The molecule has 7 rings (SSSR count). The van der Waals surface area contributed by atoms with Crippen molar-refractivity contribution in [2.75, 3.05) is 53.7 Å². The van der Waals surface area contributed by atoms with Gasteiger partial charge in [-0.2, -0.15) is 4.98 Å². The number of hydrogen-bond donors (Lipinski definition) is 3. The van der Waals surface area contributed by atoms with Gasteiger partial charge in [0.05, 0.1) is 23.6 Å². The van der Waals surface area contributed by atoms with E-state index in [2.05, 4.69) is 15.3 Å². The number of aromatic nitrogens is 3. The number of aryl methyl sites for hydroxylation is 1. The van der Waals surface area contributed by atoms with Crippen LogP contribution in [0.15, 0.2) is 71.8 Å². The summed E-state index contributed by atoms with van der Waals surface area (Å²) in [4.78, 5) is 52.5. The fourth-order valence-electron chi connectivity index (χ4n) is 6.66. The van der Waals surface area contributed by atoms with Crippen LogP contribution < -0.4 is 26.3 Å². The van der Waals surface area contributed by atoms with Crippen molar-refractivity contribution < 1.29 is 23.5 Å². The lowest BCUT2D eigenvalue weighted by Gasteiger charge is -2.38. The summed E-state index contributed by atoms with van der Waals surface area (Å²) in [5.74, 6) is -2.43. The number of nitrogens with two attached hydrogens (primary N) is 1. The van der Waals surface area contributed by atoms with Crippen molar-refractivity contribution >= 4 is 57.5 Å². The van der Waals surface area contributed by atoms with Gasteiger partial charge in [0.15, 0.2) is 0 Å². The number of rotatable bonds is 9. The Bertz CT molecular complexity index is 2240. The van der Waals surface area contributed by atoms with Crippen LogP contribution in [-0.4, -0.2) is 69.3 Å². The predicted molar refractivity (Wildman–Crippen MR) is 190 cm³/mol. The molecule has 1 atom stereocenters. The van der Waals surface area contributed by atoms with Crippen LogP contribution in [0.2, 0.25) is 5.02 Å². The van der Waals surface area contributed by atoms with Gasteiger partial charge in [0.2, 0.25) is 11.4 Å². The highest BCUT2D eigenvalue weighted by molar-refractivity contribution is 6.30. The predicted octanol–water partition coefficient (Wildman–Crippen LogP) is 4.89. The van der Waals surface area contributed by atoms with Crippen LogP contribution >= 0.6 is 11.6 Å². The number of piperazine rings is 1. The van der Waals surface area contributed by atoms with Crippen molar-refractivity contribution in [3.05, 3.63) is 116 Å². The van der Waals surface area contributed by atoms with E-state index >= 15 is 4.39 Å². The molecule has 2 aromatic heterocycles. The van der Waals surface area contributed by atoms with Gasteiger partial charge in [0, 0.05) is 73.1 Å². The number of halogens is 3. The van der Waals surface area contributed by atoms with Gasteiger partial charge in [-0.15, -0.1) is 0 Å². The van der Waals surface area contributed by atoms with Gasteiger partial charge in [-0.3, -0.25) is 19.4 Å². The van der Waals surface area contributed by atoms with Crippen LogP contribution in [0, 0.1) is 11.6 Å². The number of benzene rings is 3. The van der Waals surface area contributed by atoms with Crippen molar-refractivity contribution in [1.82, 2.24) is 19.4 Å². The maximum absolute atomic E-state index is 15.4. The normalized spacial score (nSPS) is 16.2. The van der Waals surface area contributed by atoms with E-state index in [1.54, 1.807) is 39.9 Å². The van der Waals surface area contributed by atoms with E-state index in [1.165, 1.54) is 18.3 Å². The smallest absolute Gasteiger partial charge is 0.341 e. The molecular weight excluding hydrogens is 682 g/mol. The molecule has 1 saturated heterocycles. The second kappa shape index (κ2) is 13.6. The number of amides is 1. The minimum absolute atomic E-state index is 0.00409. The van der Waals surface area contributed by atoms with E-state index in [-0.39, 0.29) is 29.7 Å². The molecule has 4 N–H and O–H groups in total. The van der Waals surface area contributed by atoms with E-state index in [0.717, 1.165) is 11.6 Å². The highest BCUT2D eigenvalue weighted by atomic mass is 35.5. The van der Waals surface area contributed by atoms with Crippen molar-refractivity contribution in [2.24, 2.45) is 0 Å². The summed E-state index contributed by atoms with van der Waals surface area (Å²) >= 11 is 5.99. The zero-order valence-corrected chi connectivity index (χ0v) is 28.2. The van der Waals surface area contributed by atoms with E-state index in [0.29, 0.717) is 72.2 Å². The number of carboxylic acids is 1. The summed E-state index contributed by atoms with van der Waals surface area (Å²) in [5, 5.41) is 13.1. The maximum atomic E-state index is 15.4. The monoisotopic (exact) mass is 714 g/mol. The first-order valence-corrected chi connectivity index (χ1v) is 16.7. The fraction of sp³-hybridized carbons (Fsp3) is 0.250. The molecular formula is C36H33ClF2N8O4. The molecule has 15 heteroatoms. The van der Waals surface area contributed by atoms with Crippen LogP contribution in [0.25, 0.3) is 10.9 Å². The number of carbonyl (C=O) groups excluding carboxylic acids is 1. The largest absolute Gasteiger partial charge is 0.477 e. The highest BCUT2D eigenvalue weighted by Crippen LogP contribution is 2.38. The number of nitrogens with one attached hydrogen (secondary N) is 1. The van der Waals surface area contributed by atoms with Gasteiger partial charge < -0.3 is 25.6 Å². The zero-order valence-electron chi connectivity index (χ0n) is 27.4. The van der Waals surface area contributed by atoms with Gasteiger partial charge >= 0.3 is 5.97 Å². The Labute approximate surface area is 295 Å². The molecule has 0 radical (unpaired) electrons. The Morgan fingerprint density at radius 1 is 1.04 bits per heavy atom. The molecule has 4 heterocycles. The first-order valence-electron chi connectivity index (χ1n) is 16.3. The third-order valence-electron chi connectivity index (χ3n) is 9.36. The molecule has 2 aliphatic heterocycles. The van der Waals surface area contributed by atoms with Crippen molar-refractivity contribution in [2.45, 2.75) is 25.9 Å². The lowest BCUT2D eigenvalue weighted by molar-refractivity contribution is -0.119. The molecule has 0 spiro atoms. The number of hydrogen-bond acceptors (Lipinski definition) is 9. The van der Waals surface area contributed by atoms with E-state index in [9.17, 15) is 23.9 Å². The number of nitrogens with zero attached hydrogens (tertiary/aromatic N) is 6. The standard InChI is InChI=1S/C36H33ClF2N8O4/c1-2-45-18-26(35(50)51)32(48)25-15-27(39)30(16-29(25)45)46-11-9-44(10-12-46)19-47-28-8-7-23(38)14-24(28)31(34(47)49)42-36-41-17-21(33(40)43-36)13-20-3-5-22(37)6-4-20/h3-8,14-18,31H,2,9-13,19H2,1H3,(H,50,51)(H3,40,41,42,43). The minimum Gasteiger partial charge on any atom is -0.477 e. The molecule has 5 aromatic rings. The molecule has 12 nitrogen and oxygen atoms in total. The first-order chi connectivity index (χ1) is 24.5. The second-order valence-corrected chi connectivity index (χ2v) is 12.9. The number of pyridine rings is 1. The Hall–Kier alpha value is -5.60. The van der Waals surface area contributed by atoms with Gasteiger partial charge in [-0.05, 0) is 55.0 Å². The van der Waals surface area contributed by atoms with Crippen molar-refractivity contribution in [3.63, 3.8) is 0 Å². The zero-order chi connectivity index (χ0) is 36.0. The average molecular weight is 715 g/mol. The van der Waals surface area contributed by atoms with E-state index < -0.39 is 34.6 Å². The molecule has 262 valence electrons. The van der Waals surface area contributed by atoms with Crippen LogP contribution in [0.5, 0.6) is 0 Å². The lowest BCUT2D eigenvalue weighted by atomic mass is 10.1. The molecule has 51 heavy (non-hydrogen) atoms. The van der Waals surface area contributed by atoms with Crippen molar-refractivity contribution in [1.29, 1.82) is 0 Å². The SMILES string of the molecule is CCn1cc(C(=O)O)c(=O)c2cc(F)c(N3CCN(CN4C(=O)C(Nc5ncc(Cc6ccc(Cl)cc6)c(N)n5)c5cc(F)ccc54)CC3)cc21. The van der Waals surface area contributed by atoms with E-state index in [1.807, 2.05) is 28.9 Å². The Morgan fingerprint density at radius 2 is 1.78 bits per heavy atom. The van der Waals surface area contributed by atoms with E-state index in [4.69, 9.17) is 17.3 Å². The Morgan fingerprint density at radius 3 is 2.47 bits per heavy atom.